The Bertz CT molecular complexity index is 936. The van der Waals surface area contributed by atoms with Crippen LogP contribution in [0, 0.1) is 0 Å². The van der Waals surface area contributed by atoms with Crippen molar-refractivity contribution < 1.29 is 22.5 Å². The molecule has 3 atom stereocenters. The van der Waals surface area contributed by atoms with E-state index in [9.17, 15) is 18.0 Å². The molecule has 31 heavy (non-hydrogen) atoms. The van der Waals surface area contributed by atoms with Crippen LogP contribution in [-0.2, 0) is 0 Å². The Balaban J connectivity index is 1.64. The van der Waals surface area contributed by atoms with Crippen LogP contribution in [0.2, 0.25) is 0 Å². The molecule has 0 aromatic carbocycles. The number of likely N-dealkylation sites (tertiary alicyclic amines) is 1. The van der Waals surface area contributed by atoms with Gasteiger partial charge in [-0.1, -0.05) is 25.9 Å². The Hall–Kier alpha value is -2.52. The van der Waals surface area contributed by atoms with Crippen molar-refractivity contribution in [1.82, 2.24) is 19.8 Å². The van der Waals surface area contributed by atoms with Crippen molar-refractivity contribution in [3.05, 3.63) is 29.3 Å². The average molecular weight is 439 g/mol. The minimum atomic E-state index is -4.39. The first-order valence-electron chi connectivity index (χ1n) is 10.9. The largest absolute Gasteiger partial charge is 0.410 e. The van der Waals surface area contributed by atoms with Crippen LogP contribution in [-0.4, -0.2) is 44.5 Å². The van der Waals surface area contributed by atoms with Crippen molar-refractivity contribution >= 4 is 11.7 Å². The number of carbonyl (C=O) groups excluding carboxylic acids is 1. The standard InChI is InChI=1S/C21H28F3N5O2/c1-4-13-9-18(21(22,23)24)29-19(25-13)11-15(26-29)16-7-5-6-8-28(16)20(30)17-10-14(12(2)3)27-31-17/h10-13,16,18,25H,4-9H2,1-3H3/t13-,16-,18-/m1/s1. The third kappa shape index (κ3) is 4.16. The summed E-state index contributed by atoms with van der Waals surface area (Å²) in [5.74, 6) is 0.327. The molecule has 1 amide bonds. The topological polar surface area (TPSA) is 76.2 Å². The normalized spacial score (nSPS) is 24.2. The second kappa shape index (κ2) is 8.20. The third-order valence-electron chi connectivity index (χ3n) is 6.22. The van der Waals surface area contributed by atoms with Gasteiger partial charge in [-0.3, -0.25) is 4.79 Å². The molecule has 0 saturated carbocycles. The van der Waals surface area contributed by atoms with E-state index >= 15 is 0 Å². The van der Waals surface area contributed by atoms with Crippen molar-refractivity contribution in [2.75, 3.05) is 11.9 Å². The van der Waals surface area contributed by atoms with Crippen molar-refractivity contribution in [3.8, 4) is 0 Å². The minimum Gasteiger partial charge on any atom is -0.367 e. The molecule has 2 aliphatic rings. The number of alkyl halides is 3. The maximum Gasteiger partial charge on any atom is 0.410 e. The van der Waals surface area contributed by atoms with Gasteiger partial charge in [-0.15, -0.1) is 0 Å². The van der Waals surface area contributed by atoms with Gasteiger partial charge in [-0.25, -0.2) is 4.68 Å². The van der Waals surface area contributed by atoms with Gasteiger partial charge >= 0.3 is 6.18 Å². The molecule has 7 nitrogen and oxygen atoms in total. The Morgan fingerprint density at radius 1 is 1.32 bits per heavy atom. The lowest BCUT2D eigenvalue weighted by Gasteiger charge is -2.34. The molecule has 0 bridgehead atoms. The lowest BCUT2D eigenvalue weighted by Crippen LogP contribution is -2.39. The lowest BCUT2D eigenvalue weighted by molar-refractivity contribution is -0.173. The van der Waals surface area contributed by atoms with E-state index in [4.69, 9.17) is 4.52 Å². The zero-order valence-corrected chi connectivity index (χ0v) is 17.9. The Labute approximate surface area is 178 Å². The molecule has 1 fully saturated rings. The Morgan fingerprint density at radius 3 is 2.74 bits per heavy atom. The van der Waals surface area contributed by atoms with E-state index in [0.717, 1.165) is 17.5 Å². The van der Waals surface area contributed by atoms with Crippen LogP contribution in [0.3, 0.4) is 0 Å². The second-order valence-corrected chi connectivity index (χ2v) is 8.72. The number of anilines is 1. The monoisotopic (exact) mass is 439 g/mol. The maximum atomic E-state index is 13.7. The van der Waals surface area contributed by atoms with Gasteiger partial charge in [0.05, 0.1) is 17.4 Å². The lowest BCUT2D eigenvalue weighted by atomic mass is 9.98. The Morgan fingerprint density at radius 2 is 2.10 bits per heavy atom. The zero-order valence-electron chi connectivity index (χ0n) is 17.9. The van der Waals surface area contributed by atoms with Crippen molar-refractivity contribution in [1.29, 1.82) is 0 Å². The molecule has 2 aromatic rings. The van der Waals surface area contributed by atoms with Crippen molar-refractivity contribution in [2.24, 2.45) is 0 Å². The Kier molecular flexibility index (Phi) is 5.74. The molecule has 4 heterocycles. The molecule has 0 unspecified atom stereocenters. The molecule has 0 aliphatic carbocycles. The number of amides is 1. The number of fused-ring (bicyclic) bond motifs is 1. The molecular formula is C21H28F3N5O2. The van der Waals surface area contributed by atoms with Gasteiger partial charge < -0.3 is 14.7 Å². The first-order chi connectivity index (χ1) is 14.7. The molecule has 4 rings (SSSR count). The summed E-state index contributed by atoms with van der Waals surface area (Å²) in [4.78, 5) is 14.8. The summed E-state index contributed by atoms with van der Waals surface area (Å²) in [5.41, 5.74) is 1.17. The fraction of sp³-hybridized carbons (Fsp3) is 0.667. The number of rotatable bonds is 4. The fourth-order valence-electron chi connectivity index (χ4n) is 4.39. The fourth-order valence-corrected chi connectivity index (χ4v) is 4.39. The zero-order chi connectivity index (χ0) is 22.3. The highest BCUT2D eigenvalue weighted by atomic mass is 19.4. The highest BCUT2D eigenvalue weighted by Crippen LogP contribution is 2.42. The molecule has 0 radical (unpaired) electrons. The third-order valence-corrected chi connectivity index (χ3v) is 6.22. The van der Waals surface area contributed by atoms with E-state index in [1.807, 2.05) is 20.8 Å². The number of carbonyl (C=O) groups is 1. The maximum absolute atomic E-state index is 13.7. The summed E-state index contributed by atoms with van der Waals surface area (Å²) >= 11 is 0. The van der Waals surface area contributed by atoms with Gasteiger partial charge in [0.1, 0.15) is 5.82 Å². The van der Waals surface area contributed by atoms with E-state index in [0.29, 0.717) is 36.6 Å². The summed E-state index contributed by atoms with van der Waals surface area (Å²) < 4.78 is 47.4. The smallest absolute Gasteiger partial charge is 0.367 e. The predicted octanol–water partition coefficient (Wildman–Crippen LogP) is 5.06. The van der Waals surface area contributed by atoms with E-state index in [1.54, 1.807) is 17.0 Å². The van der Waals surface area contributed by atoms with Crippen LogP contribution >= 0.6 is 0 Å². The van der Waals surface area contributed by atoms with E-state index < -0.39 is 18.3 Å². The molecule has 170 valence electrons. The predicted molar refractivity (Wildman–Crippen MR) is 108 cm³/mol. The van der Waals surface area contributed by atoms with Crippen LogP contribution < -0.4 is 5.32 Å². The van der Waals surface area contributed by atoms with Crippen LogP contribution in [0.25, 0.3) is 0 Å². The molecule has 1 N–H and O–H groups in total. The van der Waals surface area contributed by atoms with Crippen molar-refractivity contribution in [2.45, 2.75) is 83.1 Å². The quantitative estimate of drug-likeness (QED) is 0.721. The number of hydrogen-bond acceptors (Lipinski definition) is 5. The highest BCUT2D eigenvalue weighted by Gasteiger charge is 2.46. The molecule has 2 aliphatic heterocycles. The number of piperidine rings is 1. The van der Waals surface area contributed by atoms with Gasteiger partial charge in [0.2, 0.25) is 5.76 Å². The minimum absolute atomic E-state index is 0.0581. The number of nitrogens with one attached hydrogen (secondary N) is 1. The first kappa shape index (κ1) is 21.7. The van der Waals surface area contributed by atoms with E-state index in [-0.39, 0.29) is 30.0 Å². The van der Waals surface area contributed by atoms with Gasteiger partial charge in [0, 0.05) is 24.7 Å². The second-order valence-electron chi connectivity index (χ2n) is 8.72. The molecule has 10 heteroatoms. The van der Waals surface area contributed by atoms with Gasteiger partial charge in [-0.05, 0) is 38.0 Å². The molecule has 0 spiro atoms. The van der Waals surface area contributed by atoms with Crippen molar-refractivity contribution in [3.63, 3.8) is 0 Å². The summed E-state index contributed by atoms with van der Waals surface area (Å²) in [6.07, 6.45) is -1.52. The summed E-state index contributed by atoms with van der Waals surface area (Å²) in [6, 6.07) is 0.970. The molecule has 2 aromatic heterocycles. The number of halogens is 3. The van der Waals surface area contributed by atoms with Gasteiger partial charge in [0.15, 0.2) is 6.04 Å². The number of nitrogens with zero attached hydrogens (tertiary/aromatic N) is 4. The summed E-state index contributed by atoms with van der Waals surface area (Å²) in [6.45, 7) is 6.28. The van der Waals surface area contributed by atoms with E-state index in [1.165, 1.54) is 0 Å². The number of aromatic nitrogens is 3. The average Bonchev–Trinajstić information content (AvgIpc) is 3.39. The SMILES string of the molecule is CC[C@@H]1C[C@H](C(F)(F)F)n2nc([C@H]3CCCCN3C(=O)c3cc(C(C)C)no3)cc2N1. The first-order valence-corrected chi connectivity index (χ1v) is 10.9. The summed E-state index contributed by atoms with van der Waals surface area (Å²) in [5, 5.41) is 11.5. The highest BCUT2D eigenvalue weighted by molar-refractivity contribution is 5.91. The van der Waals surface area contributed by atoms with Crippen LogP contribution in [0.1, 0.15) is 92.8 Å². The van der Waals surface area contributed by atoms with Gasteiger partial charge in [0.25, 0.3) is 5.91 Å². The summed E-state index contributed by atoms with van der Waals surface area (Å²) in [7, 11) is 0. The molecular weight excluding hydrogens is 411 g/mol. The number of hydrogen-bond donors (Lipinski definition) is 1. The van der Waals surface area contributed by atoms with Gasteiger partial charge in [-0.2, -0.15) is 18.3 Å². The van der Waals surface area contributed by atoms with Crippen LogP contribution in [0.15, 0.2) is 16.7 Å². The van der Waals surface area contributed by atoms with Crippen LogP contribution in [0.4, 0.5) is 19.0 Å². The van der Waals surface area contributed by atoms with Crippen LogP contribution in [0.5, 0.6) is 0 Å². The molecule has 1 saturated heterocycles. The van der Waals surface area contributed by atoms with E-state index in [2.05, 4.69) is 15.6 Å².